The molecule has 4 atom stereocenters. The van der Waals surface area contributed by atoms with Gasteiger partial charge in [0.15, 0.2) is 0 Å². The number of nitrogens with zero attached hydrogens (tertiary/aromatic N) is 3. The molecule has 160 valence electrons. The second kappa shape index (κ2) is 7.09. The predicted octanol–water partition coefficient (Wildman–Crippen LogP) is 5.06. The number of allylic oxidation sites excluding steroid dienone is 1. The Bertz CT molecular complexity index is 1160. The van der Waals surface area contributed by atoms with Crippen LogP contribution >= 0.6 is 0 Å². The normalized spacial score (nSPS) is 30.3. The average Bonchev–Trinajstić information content (AvgIpc) is 2.75. The summed E-state index contributed by atoms with van der Waals surface area (Å²) >= 11 is 0. The fourth-order valence-electron chi connectivity index (χ4n) is 5.52. The zero-order valence-electron chi connectivity index (χ0n) is 17.9. The molecule has 2 aliphatic rings. The van der Waals surface area contributed by atoms with Crippen molar-refractivity contribution in [2.45, 2.75) is 56.8 Å². The molecule has 6 heteroatoms. The lowest BCUT2D eigenvalue weighted by Gasteiger charge is -2.55. The maximum atomic E-state index is 15.5. The van der Waals surface area contributed by atoms with Crippen LogP contribution < -0.4 is 5.32 Å². The highest BCUT2D eigenvalue weighted by Gasteiger charge is 2.53. The van der Waals surface area contributed by atoms with Gasteiger partial charge in [-0.3, -0.25) is 4.98 Å². The largest absolute Gasteiger partial charge is 0.507 e. The van der Waals surface area contributed by atoms with Crippen molar-refractivity contribution in [2.24, 2.45) is 5.92 Å². The number of aromatic nitrogens is 3. The third-order valence-corrected chi connectivity index (χ3v) is 7.12. The standard InChI is InChI=1S/C25H27FN4O/c1-15(19-13-24(2)8-4-9-25(3,30-24)23(19)26)20-5-6-21(29-28-20)18-11-16-7-10-27-14-17(16)12-22(18)31/h5-7,10-12,14,19,23,30-31H,1,4,8-9,13H2,2-3H3/t19-,23-,24+,25-/m0/s1. The molecule has 1 aromatic carbocycles. The summed E-state index contributed by atoms with van der Waals surface area (Å²) in [5.74, 6) is -0.171. The van der Waals surface area contributed by atoms with E-state index < -0.39 is 11.7 Å². The number of phenols is 1. The van der Waals surface area contributed by atoms with Crippen molar-refractivity contribution in [2.75, 3.05) is 0 Å². The molecule has 31 heavy (non-hydrogen) atoms. The molecule has 0 amide bonds. The Labute approximate surface area is 181 Å². The minimum atomic E-state index is -1.02. The molecule has 5 nitrogen and oxygen atoms in total. The molecule has 0 aliphatic carbocycles. The highest BCUT2D eigenvalue weighted by atomic mass is 19.1. The van der Waals surface area contributed by atoms with E-state index in [2.05, 4.69) is 34.0 Å². The van der Waals surface area contributed by atoms with Gasteiger partial charge in [0.05, 0.1) is 11.4 Å². The first-order chi connectivity index (χ1) is 14.8. The van der Waals surface area contributed by atoms with Gasteiger partial charge in [-0.25, -0.2) is 4.39 Å². The van der Waals surface area contributed by atoms with E-state index in [0.717, 1.165) is 30.0 Å². The summed E-state index contributed by atoms with van der Waals surface area (Å²) in [7, 11) is 0. The van der Waals surface area contributed by atoms with Crippen molar-refractivity contribution in [1.82, 2.24) is 20.5 Å². The monoisotopic (exact) mass is 418 g/mol. The van der Waals surface area contributed by atoms with Gasteiger partial charge in [-0.1, -0.05) is 6.58 Å². The van der Waals surface area contributed by atoms with Crippen LogP contribution in [0.2, 0.25) is 0 Å². The van der Waals surface area contributed by atoms with Crippen LogP contribution in [0.1, 0.15) is 45.2 Å². The zero-order valence-corrected chi connectivity index (χ0v) is 17.9. The lowest BCUT2D eigenvalue weighted by molar-refractivity contribution is -0.00602. The SMILES string of the molecule is C=C(c1ccc(-c2cc3ccncc3cc2O)nn1)[C@@H]1C[C@@]2(C)CCC[C@](C)(N2)[C@H]1F. The Morgan fingerprint density at radius 2 is 2.00 bits per heavy atom. The lowest BCUT2D eigenvalue weighted by atomic mass is 9.64. The topological polar surface area (TPSA) is 70.9 Å². The van der Waals surface area contributed by atoms with Crippen molar-refractivity contribution in [1.29, 1.82) is 0 Å². The van der Waals surface area contributed by atoms with Gasteiger partial charge in [-0.15, -0.1) is 5.10 Å². The Kier molecular flexibility index (Phi) is 4.59. The van der Waals surface area contributed by atoms with Crippen LogP contribution in [0.15, 0.2) is 49.3 Å². The van der Waals surface area contributed by atoms with Crippen molar-refractivity contribution >= 4 is 16.3 Å². The first kappa shape index (κ1) is 20.1. The highest BCUT2D eigenvalue weighted by molar-refractivity contribution is 5.89. The Balaban J connectivity index is 1.44. The molecule has 2 N–H and O–H groups in total. The van der Waals surface area contributed by atoms with E-state index in [1.807, 2.05) is 31.2 Å². The summed E-state index contributed by atoms with van der Waals surface area (Å²) in [4.78, 5) is 4.08. The summed E-state index contributed by atoms with van der Waals surface area (Å²) in [5, 5.41) is 24.5. The Morgan fingerprint density at radius 3 is 2.77 bits per heavy atom. The number of halogens is 1. The van der Waals surface area contributed by atoms with E-state index in [0.29, 0.717) is 28.9 Å². The van der Waals surface area contributed by atoms with Gasteiger partial charge in [0, 0.05) is 40.3 Å². The van der Waals surface area contributed by atoms with Crippen molar-refractivity contribution < 1.29 is 9.50 Å². The van der Waals surface area contributed by atoms with Crippen LogP contribution in [-0.2, 0) is 0 Å². The third-order valence-electron chi connectivity index (χ3n) is 7.12. The van der Waals surface area contributed by atoms with Gasteiger partial charge in [-0.2, -0.15) is 5.10 Å². The second-order valence-electron chi connectivity index (χ2n) is 9.59. The van der Waals surface area contributed by atoms with E-state index in [-0.39, 0.29) is 17.2 Å². The van der Waals surface area contributed by atoms with E-state index in [1.54, 1.807) is 18.5 Å². The summed E-state index contributed by atoms with van der Waals surface area (Å²) in [6.07, 6.45) is 6.01. The summed E-state index contributed by atoms with van der Waals surface area (Å²) in [6, 6.07) is 9.08. The predicted molar refractivity (Wildman–Crippen MR) is 120 cm³/mol. The van der Waals surface area contributed by atoms with E-state index in [1.165, 1.54) is 0 Å². The van der Waals surface area contributed by atoms with Crippen molar-refractivity contribution in [3.05, 3.63) is 55.0 Å². The fraction of sp³-hybridized carbons (Fsp3) is 0.400. The minimum absolute atomic E-state index is 0.0810. The number of pyridine rings is 1. The summed E-state index contributed by atoms with van der Waals surface area (Å²) < 4.78 is 15.5. The van der Waals surface area contributed by atoms with Gasteiger partial charge in [0.2, 0.25) is 0 Å². The third kappa shape index (κ3) is 3.39. The Morgan fingerprint density at radius 1 is 1.16 bits per heavy atom. The smallest absolute Gasteiger partial charge is 0.125 e. The number of phenolic OH excluding ortho intramolecular Hbond substituents is 1. The summed E-state index contributed by atoms with van der Waals surface area (Å²) in [6.45, 7) is 8.39. The first-order valence-electron chi connectivity index (χ1n) is 10.8. The molecular formula is C25H27FN4O. The molecule has 0 saturated carbocycles. The average molecular weight is 419 g/mol. The molecule has 0 radical (unpaired) electrons. The molecule has 2 saturated heterocycles. The number of hydrogen-bond acceptors (Lipinski definition) is 5. The molecule has 2 aromatic heterocycles. The van der Waals surface area contributed by atoms with Gasteiger partial charge >= 0.3 is 0 Å². The van der Waals surface area contributed by atoms with Crippen molar-refractivity contribution in [3.8, 4) is 17.0 Å². The molecule has 4 heterocycles. The number of rotatable bonds is 3. The van der Waals surface area contributed by atoms with Gasteiger partial charge in [-0.05, 0) is 80.8 Å². The van der Waals surface area contributed by atoms with Crippen LogP contribution in [0.25, 0.3) is 27.6 Å². The van der Waals surface area contributed by atoms with Crippen LogP contribution in [0.3, 0.4) is 0 Å². The fourth-order valence-corrected chi connectivity index (χ4v) is 5.52. The second-order valence-corrected chi connectivity index (χ2v) is 9.59. The molecule has 0 unspecified atom stereocenters. The van der Waals surface area contributed by atoms with Crippen LogP contribution in [0.4, 0.5) is 4.39 Å². The lowest BCUT2D eigenvalue weighted by Crippen LogP contribution is -2.68. The zero-order chi connectivity index (χ0) is 21.8. The molecule has 0 spiro atoms. The summed E-state index contributed by atoms with van der Waals surface area (Å²) in [5.41, 5.74) is 1.85. The van der Waals surface area contributed by atoms with Crippen LogP contribution in [0.5, 0.6) is 5.75 Å². The van der Waals surface area contributed by atoms with E-state index >= 15 is 4.39 Å². The highest BCUT2D eigenvalue weighted by Crippen LogP contribution is 2.47. The number of nitrogens with one attached hydrogen (secondary N) is 1. The number of fused-ring (bicyclic) bond motifs is 3. The molecule has 5 rings (SSSR count). The van der Waals surface area contributed by atoms with E-state index in [4.69, 9.17) is 0 Å². The number of piperidine rings is 2. The van der Waals surface area contributed by atoms with Crippen LogP contribution in [0, 0.1) is 5.92 Å². The van der Waals surface area contributed by atoms with Crippen molar-refractivity contribution in [3.63, 3.8) is 0 Å². The van der Waals surface area contributed by atoms with E-state index in [9.17, 15) is 5.11 Å². The maximum absolute atomic E-state index is 15.5. The minimum Gasteiger partial charge on any atom is -0.507 e. The van der Waals surface area contributed by atoms with Crippen LogP contribution in [-0.4, -0.2) is 37.5 Å². The molecule has 2 bridgehead atoms. The van der Waals surface area contributed by atoms with Gasteiger partial charge in [0.1, 0.15) is 11.9 Å². The van der Waals surface area contributed by atoms with Gasteiger partial charge < -0.3 is 10.4 Å². The molecular weight excluding hydrogens is 391 g/mol. The number of benzene rings is 1. The Hall–Kier alpha value is -2.86. The molecule has 2 fully saturated rings. The maximum Gasteiger partial charge on any atom is 0.125 e. The number of hydrogen-bond donors (Lipinski definition) is 2. The number of alkyl halides is 1. The van der Waals surface area contributed by atoms with Gasteiger partial charge in [0.25, 0.3) is 0 Å². The number of aromatic hydroxyl groups is 1. The molecule has 2 aliphatic heterocycles. The quantitative estimate of drug-likeness (QED) is 0.622. The first-order valence-corrected chi connectivity index (χ1v) is 10.8. The molecule has 3 aromatic rings.